The van der Waals surface area contributed by atoms with Gasteiger partial charge in [-0.2, -0.15) is 4.89 Å². The fourth-order valence-electron chi connectivity index (χ4n) is 0.819. The van der Waals surface area contributed by atoms with E-state index >= 15 is 0 Å². The van der Waals surface area contributed by atoms with Gasteiger partial charge in [-0.15, -0.1) is 0 Å². The number of hydrogen-bond acceptors (Lipinski definition) is 1. The highest BCUT2D eigenvalue weighted by Gasteiger charge is 2.19. The molecule has 0 bridgehead atoms. The Morgan fingerprint density at radius 1 is 1.33 bits per heavy atom. The van der Waals surface area contributed by atoms with E-state index in [9.17, 15) is 13.3 Å². The molecule has 0 aliphatic heterocycles. The van der Waals surface area contributed by atoms with Gasteiger partial charge in [-0.3, -0.25) is 0 Å². The second kappa shape index (κ2) is 3.70. The highest BCUT2D eigenvalue weighted by molar-refractivity contribution is 7.37. The van der Waals surface area contributed by atoms with E-state index in [4.69, 9.17) is 4.89 Å². The molecular formula is C7H6F2O2P+. The van der Waals surface area contributed by atoms with Crippen molar-refractivity contribution in [3.63, 3.8) is 0 Å². The molecule has 1 N–H and O–H groups in total. The molecule has 12 heavy (non-hydrogen) atoms. The summed E-state index contributed by atoms with van der Waals surface area (Å²) < 4.78 is 35.8. The zero-order valence-electron chi connectivity index (χ0n) is 6.00. The first kappa shape index (κ1) is 9.23. The smallest absolute Gasteiger partial charge is 0.206 e. The SMILES string of the molecule is O=[P+](O)Cc1c(F)cccc1F. The third-order valence-electron chi connectivity index (χ3n) is 1.36. The number of rotatable bonds is 2. The normalized spacial score (nSPS) is 11.4. The molecule has 0 spiro atoms. The predicted molar refractivity (Wildman–Crippen MR) is 39.9 cm³/mol. The Hall–Kier alpha value is -0.860. The first-order valence-electron chi connectivity index (χ1n) is 3.17. The van der Waals surface area contributed by atoms with Gasteiger partial charge in [0.25, 0.3) is 0 Å². The van der Waals surface area contributed by atoms with Crippen molar-refractivity contribution in [3.8, 4) is 0 Å². The summed E-state index contributed by atoms with van der Waals surface area (Å²) in [5, 5.41) is 0. The van der Waals surface area contributed by atoms with Gasteiger partial charge >= 0.3 is 8.03 Å². The standard InChI is InChI=1S/C7H5F2O2P/c8-6-2-1-3-7(9)5(6)4-12(10)11/h1-3H,4H2/p+1. The topological polar surface area (TPSA) is 37.3 Å². The van der Waals surface area contributed by atoms with Crippen LogP contribution in [0, 0.1) is 11.6 Å². The van der Waals surface area contributed by atoms with Crippen molar-refractivity contribution in [1.82, 2.24) is 0 Å². The van der Waals surface area contributed by atoms with Crippen molar-refractivity contribution in [1.29, 1.82) is 0 Å². The molecule has 5 heteroatoms. The van der Waals surface area contributed by atoms with Crippen LogP contribution < -0.4 is 0 Å². The first-order chi connectivity index (χ1) is 5.61. The van der Waals surface area contributed by atoms with Crippen LogP contribution in [0.4, 0.5) is 8.78 Å². The maximum atomic E-state index is 12.7. The molecule has 0 aliphatic carbocycles. The van der Waals surface area contributed by atoms with Gasteiger partial charge in [0, 0.05) is 0 Å². The summed E-state index contributed by atoms with van der Waals surface area (Å²) >= 11 is 0. The van der Waals surface area contributed by atoms with Crippen LogP contribution in [0.25, 0.3) is 0 Å². The van der Waals surface area contributed by atoms with Crippen LogP contribution in [0.1, 0.15) is 5.56 Å². The molecule has 0 aromatic heterocycles. The second-order valence-corrected chi connectivity index (χ2v) is 3.23. The number of benzene rings is 1. The van der Waals surface area contributed by atoms with E-state index in [2.05, 4.69) is 0 Å². The Kier molecular flexibility index (Phi) is 2.84. The predicted octanol–water partition coefficient (Wildman–Crippen LogP) is 2.20. The lowest BCUT2D eigenvalue weighted by Gasteiger charge is -1.95. The summed E-state index contributed by atoms with van der Waals surface area (Å²) in [7, 11) is -2.54. The van der Waals surface area contributed by atoms with Crippen molar-refractivity contribution in [2.45, 2.75) is 6.16 Å². The van der Waals surface area contributed by atoms with E-state index in [1.807, 2.05) is 0 Å². The largest absolute Gasteiger partial charge is 0.510 e. The number of hydrogen-bond donors (Lipinski definition) is 1. The van der Waals surface area contributed by atoms with Gasteiger partial charge in [-0.05, 0) is 16.7 Å². The second-order valence-electron chi connectivity index (χ2n) is 2.21. The van der Waals surface area contributed by atoms with Crippen LogP contribution in [-0.4, -0.2) is 4.89 Å². The zero-order chi connectivity index (χ0) is 9.14. The maximum Gasteiger partial charge on any atom is 0.510 e. The van der Waals surface area contributed by atoms with E-state index in [1.54, 1.807) is 0 Å². The summed E-state index contributed by atoms with van der Waals surface area (Å²) in [5.41, 5.74) is -0.332. The van der Waals surface area contributed by atoms with E-state index in [1.165, 1.54) is 6.07 Å². The lowest BCUT2D eigenvalue weighted by molar-refractivity contribution is 0.496. The van der Waals surface area contributed by atoms with Gasteiger partial charge in [0.15, 0.2) is 0 Å². The molecule has 1 atom stereocenters. The molecule has 0 saturated heterocycles. The van der Waals surface area contributed by atoms with Crippen LogP contribution in [0.5, 0.6) is 0 Å². The first-order valence-corrected chi connectivity index (χ1v) is 4.57. The fraction of sp³-hybridized carbons (Fsp3) is 0.143. The lowest BCUT2D eigenvalue weighted by Crippen LogP contribution is -1.92. The third kappa shape index (κ3) is 2.06. The summed E-state index contributed by atoms with van der Waals surface area (Å²) in [5.74, 6) is -1.57. The van der Waals surface area contributed by atoms with E-state index in [0.717, 1.165) is 12.1 Å². The molecule has 64 valence electrons. The van der Waals surface area contributed by atoms with Crippen molar-refractivity contribution in [3.05, 3.63) is 35.4 Å². The van der Waals surface area contributed by atoms with Gasteiger partial charge in [0.05, 0.1) is 5.56 Å². The molecule has 0 heterocycles. The van der Waals surface area contributed by atoms with E-state index in [-0.39, 0.29) is 5.56 Å². The third-order valence-corrected chi connectivity index (χ3v) is 1.94. The summed E-state index contributed by atoms with van der Waals surface area (Å²) in [6.45, 7) is 0. The van der Waals surface area contributed by atoms with E-state index in [0.29, 0.717) is 0 Å². The summed E-state index contributed by atoms with van der Waals surface area (Å²) in [6, 6.07) is 3.31. The van der Waals surface area contributed by atoms with Crippen molar-refractivity contribution >= 4 is 8.03 Å². The van der Waals surface area contributed by atoms with Crippen LogP contribution in [0.2, 0.25) is 0 Å². The van der Waals surface area contributed by atoms with Crippen molar-refractivity contribution < 1.29 is 18.2 Å². The Balaban J connectivity index is 3.04. The van der Waals surface area contributed by atoms with Crippen LogP contribution >= 0.6 is 8.03 Å². The molecular weight excluding hydrogens is 185 g/mol. The zero-order valence-corrected chi connectivity index (χ0v) is 6.89. The Bertz CT molecular complexity index is 294. The highest BCUT2D eigenvalue weighted by atomic mass is 31.1. The van der Waals surface area contributed by atoms with Crippen molar-refractivity contribution in [2.75, 3.05) is 0 Å². The monoisotopic (exact) mass is 191 g/mol. The summed E-state index contributed by atoms with van der Waals surface area (Å²) in [4.78, 5) is 8.43. The van der Waals surface area contributed by atoms with Gasteiger partial charge in [0.1, 0.15) is 11.6 Å². The molecule has 0 amide bonds. The molecule has 0 radical (unpaired) electrons. The quantitative estimate of drug-likeness (QED) is 0.727. The number of halogens is 2. The van der Waals surface area contributed by atoms with Crippen LogP contribution in [0.3, 0.4) is 0 Å². The minimum absolute atomic E-state index is 0.332. The van der Waals surface area contributed by atoms with Crippen LogP contribution in [-0.2, 0) is 10.7 Å². The summed E-state index contributed by atoms with van der Waals surface area (Å²) in [6.07, 6.45) is -0.478. The molecule has 0 aliphatic rings. The highest BCUT2D eigenvalue weighted by Crippen LogP contribution is 2.24. The molecule has 0 saturated carbocycles. The minimum atomic E-state index is -2.54. The van der Waals surface area contributed by atoms with Crippen LogP contribution in [0.15, 0.2) is 18.2 Å². The fourth-order valence-corrected chi connectivity index (χ4v) is 1.39. The van der Waals surface area contributed by atoms with E-state index < -0.39 is 25.8 Å². The van der Waals surface area contributed by atoms with Gasteiger partial charge in [-0.1, -0.05) is 6.07 Å². The molecule has 2 nitrogen and oxygen atoms in total. The van der Waals surface area contributed by atoms with Gasteiger partial charge in [0.2, 0.25) is 6.16 Å². The molecule has 1 aromatic rings. The average molecular weight is 191 g/mol. The Morgan fingerprint density at radius 3 is 2.25 bits per heavy atom. The average Bonchev–Trinajstić information content (AvgIpc) is 1.97. The van der Waals surface area contributed by atoms with Gasteiger partial charge < -0.3 is 0 Å². The molecule has 0 fully saturated rings. The Labute approximate surface area is 68.7 Å². The lowest BCUT2D eigenvalue weighted by atomic mass is 10.2. The Morgan fingerprint density at radius 2 is 1.83 bits per heavy atom. The maximum absolute atomic E-state index is 12.7. The molecule has 1 rings (SSSR count). The van der Waals surface area contributed by atoms with Crippen molar-refractivity contribution in [2.24, 2.45) is 0 Å². The minimum Gasteiger partial charge on any atom is -0.206 e. The molecule has 1 aromatic carbocycles. The molecule has 1 unspecified atom stereocenters. The van der Waals surface area contributed by atoms with Gasteiger partial charge in [-0.25, -0.2) is 8.78 Å².